The number of esters is 2. The Balaban J connectivity index is 0.00000103. The Morgan fingerprint density at radius 2 is 1.55 bits per heavy atom. The van der Waals surface area contributed by atoms with Gasteiger partial charge < -0.3 is 14.8 Å². The van der Waals surface area contributed by atoms with Crippen molar-refractivity contribution in [1.82, 2.24) is 5.32 Å². The fourth-order valence-corrected chi connectivity index (χ4v) is 12.4. The SMILES string of the molecule is C/C=C(\C=C(/C)Cl)C(C)NC=O.C/C=C/C12CCC(C(C)C)=C1C1CCC(C3(C)CCC(OC(=O)CC(C)(C)C(=O)OC(C)(C)C)C(C)(C)C3CCC)C(C)C1CC2.CC.CC. The Hall–Kier alpha value is -2.34. The molecule has 7 heteroatoms. The molecular weight excluding hydrogens is 790 g/mol. The molecule has 0 aromatic rings. The van der Waals surface area contributed by atoms with Crippen molar-refractivity contribution in [3.05, 3.63) is 46.1 Å². The number of nitrogens with one attached hydrogen (secondary N) is 1. The van der Waals surface area contributed by atoms with Gasteiger partial charge in [0.05, 0.1) is 17.9 Å². The third-order valence-electron chi connectivity index (χ3n) is 15.0. The van der Waals surface area contributed by atoms with E-state index in [-0.39, 0.29) is 41.3 Å². The second-order valence-electron chi connectivity index (χ2n) is 21.4. The summed E-state index contributed by atoms with van der Waals surface area (Å²) >= 11 is 5.70. The Morgan fingerprint density at radius 1 is 0.935 bits per heavy atom. The minimum absolute atomic E-state index is 0.0150. The third-order valence-corrected chi connectivity index (χ3v) is 15.1. The van der Waals surface area contributed by atoms with Crippen LogP contribution in [0.2, 0.25) is 0 Å². The van der Waals surface area contributed by atoms with Crippen molar-refractivity contribution in [2.75, 3.05) is 0 Å². The molecule has 0 aromatic carbocycles. The van der Waals surface area contributed by atoms with Crippen LogP contribution >= 0.6 is 11.6 Å². The summed E-state index contributed by atoms with van der Waals surface area (Å²) in [6, 6.07) is 0.0150. The van der Waals surface area contributed by atoms with Gasteiger partial charge in [0.2, 0.25) is 6.41 Å². The van der Waals surface area contributed by atoms with Crippen molar-refractivity contribution in [1.29, 1.82) is 0 Å². The van der Waals surface area contributed by atoms with E-state index in [9.17, 15) is 14.4 Å². The summed E-state index contributed by atoms with van der Waals surface area (Å²) in [7, 11) is 0. The molecule has 0 aromatic heterocycles. The number of ether oxygens (including phenoxy) is 2. The number of fused-ring (bicyclic) bond motifs is 3. The summed E-state index contributed by atoms with van der Waals surface area (Å²) in [5, 5.41) is 3.36. The summed E-state index contributed by atoms with van der Waals surface area (Å²) in [6.45, 7) is 42.1. The lowest BCUT2D eigenvalue weighted by Crippen LogP contribution is -2.56. The maximum Gasteiger partial charge on any atom is 0.312 e. The Morgan fingerprint density at radius 3 is 2.05 bits per heavy atom. The summed E-state index contributed by atoms with van der Waals surface area (Å²) in [5.74, 6) is 3.38. The number of carbonyl (C=O) groups is 3. The number of allylic oxidation sites excluding steroid dienone is 6. The fraction of sp³-hybridized carbons (Fsp3) is 0.800. The van der Waals surface area contributed by atoms with Crippen molar-refractivity contribution in [2.24, 2.45) is 57.2 Å². The van der Waals surface area contributed by atoms with E-state index in [1.54, 1.807) is 26.3 Å². The lowest BCUT2D eigenvalue weighted by Gasteiger charge is -2.61. The molecule has 3 saturated carbocycles. The molecule has 0 heterocycles. The van der Waals surface area contributed by atoms with Crippen LogP contribution in [0.4, 0.5) is 0 Å². The van der Waals surface area contributed by atoms with Crippen LogP contribution in [-0.2, 0) is 23.9 Å². The van der Waals surface area contributed by atoms with Crippen LogP contribution in [0.1, 0.15) is 209 Å². The smallest absolute Gasteiger partial charge is 0.312 e. The summed E-state index contributed by atoms with van der Waals surface area (Å²) in [4.78, 5) is 36.4. The van der Waals surface area contributed by atoms with Crippen molar-refractivity contribution < 1.29 is 23.9 Å². The number of halogens is 1. The molecule has 4 rings (SSSR count). The van der Waals surface area contributed by atoms with Gasteiger partial charge in [0, 0.05) is 15.9 Å². The maximum atomic E-state index is 13.4. The Labute approximate surface area is 387 Å². The molecule has 9 unspecified atom stereocenters. The standard InChI is InChI=1S/C42H70O4.C9H14ClNO.2C2H6/c1-14-16-33-40(11,12)34(45-35(43)26-39(9,10)37(44)46-38(6,7)8)21-23-41(33,13)32-18-17-31-30(28(32)5)20-25-42(22-15-2)24-19-29(27(3)4)36(31)42;1-4-9(5-7(2)10)8(3)11-6-12;2*1-2/h15,22,27-28,30-34H,14,16-21,23-26H2,1-13H3;4-6,8H,1-3H3,(H,11,12);2*1-2H3/b22-15+;7-5+,9-4+;;. The molecule has 0 bridgehead atoms. The molecular formula is C55H96ClNO5. The zero-order chi connectivity index (χ0) is 48.0. The number of rotatable bonds is 13. The minimum atomic E-state index is -0.927. The van der Waals surface area contributed by atoms with E-state index in [0.29, 0.717) is 40.5 Å². The molecule has 4 aliphatic carbocycles. The number of hydrogen-bond acceptors (Lipinski definition) is 5. The van der Waals surface area contributed by atoms with Gasteiger partial charge in [-0.2, -0.15) is 0 Å². The topological polar surface area (TPSA) is 81.7 Å². The van der Waals surface area contributed by atoms with Gasteiger partial charge in [-0.1, -0.05) is 124 Å². The van der Waals surface area contributed by atoms with Crippen LogP contribution in [-0.4, -0.2) is 36.1 Å². The summed E-state index contributed by atoms with van der Waals surface area (Å²) < 4.78 is 12.0. The highest BCUT2D eigenvalue weighted by Crippen LogP contribution is 2.66. The molecule has 9 atom stereocenters. The van der Waals surface area contributed by atoms with Gasteiger partial charge in [-0.3, -0.25) is 14.4 Å². The van der Waals surface area contributed by atoms with Crippen LogP contribution in [0.5, 0.6) is 0 Å². The first kappa shape index (κ1) is 57.7. The summed E-state index contributed by atoms with van der Waals surface area (Å²) in [5.41, 5.74) is 3.53. The van der Waals surface area contributed by atoms with Gasteiger partial charge in [-0.05, 0) is 173 Å². The van der Waals surface area contributed by atoms with Gasteiger partial charge in [-0.25, -0.2) is 0 Å². The molecule has 6 nitrogen and oxygen atoms in total. The zero-order valence-electron chi connectivity index (χ0n) is 43.7. The minimum Gasteiger partial charge on any atom is -0.462 e. The highest BCUT2D eigenvalue weighted by Gasteiger charge is 2.59. The van der Waals surface area contributed by atoms with E-state index >= 15 is 0 Å². The van der Waals surface area contributed by atoms with Gasteiger partial charge in [0.1, 0.15) is 11.7 Å². The highest BCUT2D eigenvalue weighted by molar-refractivity contribution is 6.29. The zero-order valence-corrected chi connectivity index (χ0v) is 44.5. The van der Waals surface area contributed by atoms with E-state index in [2.05, 4.69) is 72.9 Å². The van der Waals surface area contributed by atoms with E-state index < -0.39 is 11.0 Å². The van der Waals surface area contributed by atoms with E-state index in [1.165, 1.54) is 38.5 Å². The average molecular weight is 887 g/mol. The van der Waals surface area contributed by atoms with Crippen molar-refractivity contribution in [2.45, 2.75) is 227 Å². The molecule has 0 aliphatic heterocycles. The lowest BCUT2D eigenvalue weighted by molar-refractivity contribution is -0.186. The maximum absolute atomic E-state index is 13.4. The Kier molecular flexibility index (Phi) is 23.1. The normalized spacial score (nSPS) is 30.3. The van der Waals surface area contributed by atoms with Gasteiger partial charge in [0.15, 0.2) is 0 Å². The Bertz CT molecular complexity index is 1560. The van der Waals surface area contributed by atoms with Crippen molar-refractivity contribution in [3.63, 3.8) is 0 Å². The molecule has 1 N–H and O–H groups in total. The van der Waals surface area contributed by atoms with Crippen LogP contribution < -0.4 is 5.32 Å². The monoisotopic (exact) mass is 886 g/mol. The first-order valence-electron chi connectivity index (χ1n) is 24.9. The quantitative estimate of drug-likeness (QED) is 0.0862. The number of carbonyl (C=O) groups excluding carboxylic acids is 3. The van der Waals surface area contributed by atoms with Gasteiger partial charge in [-0.15, -0.1) is 0 Å². The largest absolute Gasteiger partial charge is 0.462 e. The predicted molar refractivity (Wildman–Crippen MR) is 265 cm³/mol. The van der Waals surface area contributed by atoms with Crippen molar-refractivity contribution >= 4 is 29.9 Å². The molecule has 3 fully saturated rings. The number of amides is 1. The van der Waals surface area contributed by atoms with E-state index in [0.717, 1.165) is 43.1 Å². The third kappa shape index (κ3) is 14.1. The lowest BCUT2D eigenvalue weighted by atomic mass is 9.44. The highest BCUT2D eigenvalue weighted by atomic mass is 35.5. The summed E-state index contributed by atoms with van der Waals surface area (Å²) in [6.07, 6.45) is 21.5. The van der Waals surface area contributed by atoms with Crippen LogP contribution in [0.3, 0.4) is 0 Å². The molecule has 358 valence electrons. The molecule has 0 radical (unpaired) electrons. The molecule has 62 heavy (non-hydrogen) atoms. The van der Waals surface area contributed by atoms with Crippen LogP contribution in [0, 0.1) is 57.2 Å². The number of hydrogen-bond donors (Lipinski definition) is 1. The van der Waals surface area contributed by atoms with Gasteiger partial charge in [0.25, 0.3) is 0 Å². The van der Waals surface area contributed by atoms with E-state index in [4.69, 9.17) is 21.1 Å². The second-order valence-corrected chi connectivity index (χ2v) is 22.0. The first-order chi connectivity index (χ1) is 28.8. The molecule has 4 aliphatic rings. The molecule has 0 saturated heterocycles. The molecule has 1 amide bonds. The first-order valence-corrected chi connectivity index (χ1v) is 25.2. The van der Waals surface area contributed by atoms with Gasteiger partial charge >= 0.3 is 11.9 Å². The second kappa shape index (κ2) is 24.8. The fourth-order valence-electron chi connectivity index (χ4n) is 12.3. The average Bonchev–Trinajstić information content (AvgIpc) is 3.58. The van der Waals surface area contributed by atoms with Crippen molar-refractivity contribution in [3.8, 4) is 0 Å². The van der Waals surface area contributed by atoms with E-state index in [1.807, 2.05) is 80.0 Å². The van der Waals surface area contributed by atoms with Crippen LogP contribution in [0.25, 0.3) is 0 Å². The predicted octanol–water partition coefficient (Wildman–Crippen LogP) is 15.5. The molecule has 0 spiro atoms. The van der Waals surface area contributed by atoms with Crippen LogP contribution in [0.15, 0.2) is 46.1 Å².